The van der Waals surface area contributed by atoms with Crippen LogP contribution in [0.2, 0.25) is 0 Å². The lowest BCUT2D eigenvalue weighted by Crippen LogP contribution is -2.31. The molecule has 1 atom stereocenters. The van der Waals surface area contributed by atoms with Crippen LogP contribution in [-0.4, -0.2) is 12.5 Å². The number of para-hydroxylation sites is 1. The minimum absolute atomic E-state index is 0.0616. The number of halogens is 2. The van der Waals surface area contributed by atoms with Crippen LogP contribution in [0.4, 0.5) is 8.78 Å². The average Bonchev–Trinajstić information content (AvgIpc) is 2.67. The van der Waals surface area contributed by atoms with Crippen LogP contribution in [0, 0.1) is 0 Å². The van der Waals surface area contributed by atoms with Gasteiger partial charge in [0.2, 0.25) is 0 Å². The number of alkyl halides is 2. The zero-order valence-electron chi connectivity index (χ0n) is 14.8. The van der Waals surface area contributed by atoms with Crippen molar-refractivity contribution >= 4 is 16.9 Å². The summed E-state index contributed by atoms with van der Waals surface area (Å²) in [4.78, 5) is 24.9. The molecule has 0 bridgehead atoms. The Morgan fingerprint density at radius 2 is 2.00 bits per heavy atom. The van der Waals surface area contributed by atoms with Crippen molar-refractivity contribution in [1.82, 2.24) is 5.32 Å². The molecule has 4 rings (SSSR count). The molecule has 1 aliphatic carbocycles. The highest BCUT2D eigenvalue weighted by Gasteiger charge is 2.24. The number of fused-ring (bicyclic) bond motifs is 2. The Labute approximate surface area is 158 Å². The highest BCUT2D eigenvalue weighted by molar-refractivity contribution is 5.93. The van der Waals surface area contributed by atoms with Gasteiger partial charge < -0.3 is 14.5 Å². The van der Waals surface area contributed by atoms with Gasteiger partial charge in [0.1, 0.15) is 11.3 Å². The number of nitrogens with one attached hydrogen (secondary N) is 1. The van der Waals surface area contributed by atoms with E-state index >= 15 is 0 Å². The Morgan fingerprint density at radius 3 is 2.82 bits per heavy atom. The van der Waals surface area contributed by atoms with E-state index < -0.39 is 12.5 Å². The minimum atomic E-state index is -2.88. The van der Waals surface area contributed by atoms with Crippen molar-refractivity contribution in [3.05, 3.63) is 75.6 Å². The van der Waals surface area contributed by atoms with Crippen LogP contribution in [0.25, 0.3) is 11.0 Å². The van der Waals surface area contributed by atoms with E-state index in [4.69, 9.17) is 4.42 Å². The van der Waals surface area contributed by atoms with E-state index in [0.717, 1.165) is 17.5 Å². The summed E-state index contributed by atoms with van der Waals surface area (Å²) in [6, 6.07) is 12.3. The van der Waals surface area contributed by atoms with E-state index in [-0.39, 0.29) is 23.0 Å². The number of amides is 1. The molecule has 0 saturated carbocycles. The molecule has 5 nitrogen and oxygen atoms in total. The SMILES string of the molecule is O=C(NC1CCCc2cc(OC(F)F)ccc21)c1cc(=O)c2ccccc2o1. The first-order valence-corrected chi connectivity index (χ1v) is 8.92. The standard InChI is InChI=1S/C21H17F2NO4/c22-21(23)27-13-8-9-14-12(10-13)4-3-6-16(14)24-20(26)19-11-17(25)15-5-1-2-7-18(15)28-19/h1-2,5,7-11,16,21H,3-4,6H2,(H,24,26). The summed E-state index contributed by atoms with van der Waals surface area (Å²) < 4.78 is 34.9. The quantitative estimate of drug-likeness (QED) is 0.731. The molecule has 3 aromatic rings. The van der Waals surface area contributed by atoms with Gasteiger partial charge in [0.25, 0.3) is 5.91 Å². The fourth-order valence-electron chi connectivity index (χ4n) is 3.56. The maximum absolute atomic E-state index is 12.7. The Hall–Kier alpha value is -3.22. The summed E-state index contributed by atoms with van der Waals surface area (Å²) in [6.07, 6.45) is 2.20. The zero-order valence-corrected chi connectivity index (χ0v) is 14.8. The van der Waals surface area contributed by atoms with E-state index in [1.165, 1.54) is 12.1 Å². The third kappa shape index (κ3) is 3.60. The average molecular weight is 385 g/mol. The van der Waals surface area contributed by atoms with E-state index in [9.17, 15) is 18.4 Å². The third-order valence-electron chi connectivity index (χ3n) is 4.82. The summed E-state index contributed by atoms with van der Waals surface area (Å²) in [7, 11) is 0. The van der Waals surface area contributed by atoms with Crippen molar-refractivity contribution in [3.8, 4) is 5.75 Å². The molecule has 1 aromatic heterocycles. The van der Waals surface area contributed by atoms with Crippen LogP contribution < -0.4 is 15.5 Å². The number of benzene rings is 2. The van der Waals surface area contributed by atoms with Crippen LogP contribution in [0.5, 0.6) is 5.75 Å². The zero-order chi connectivity index (χ0) is 19.7. The summed E-state index contributed by atoms with van der Waals surface area (Å²) in [5, 5.41) is 3.29. The molecule has 144 valence electrons. The number of ether oxygens (including phenoxy) is 1. The lowest BCUT2D eigenvalue weighted by atomic mass is 9.87. The molecule has 0 spiro atoms. The second kappa shape index (κ2) is 7.42. The van der Waals surface area contributed by atoms with Crippen LogP contribution in [0.1, 0.15) is 40.6 Å². The third-order valence-corrected chi connectivity index (χ3v) is 4.82. The molecule has 28 heavy (non-hydrogen) atoms. The van der Waals surface area contributed by atoms with Gasteiger partial charge >= 0.3 is 6.61 Å². The largest absolute Gasteiger partial charge is 0.451 e. The normalized spacial score (nSPS) is 16.0. The van der Waals surface area contributed by atoms with Crippen molar-refractivity contribution in [3.63, 3.8) is 0 Å². The molecule has 1 amide bonds. The molecule has 7 heteroatoms. The molecule has 1 unspecified atom stereocenters. The minimum Gasteiger partial charge on any atom is -0.451 e. The van der Waals surface area contributed by atoms with Gasteiger partial charge in [-0.25, -0.2) is 0 Å². The fourth-order valence-corrected chi connectivity index (χ4v) is 3.56. The molecule has 2 aromatic carbocycles. The molecule has 1 aliphatic rings. The van der Waals surface area contributed by atoms with Gasteiger partial charge in [-0.2, -0.15) is 8.78 Å². The molecular weight excluding hydrogens is 368 g/mol. The first-order valence-electron chi connectivity index (χ1n) is 8.92. The summed E-state index contributed by atoms with van der Waals surface area (Å²) in [5.74, 6) is -0.455. The van der Waals surface area contributed by atoms with Crippen molar-refractivity contribution in [2.45, 2.75) is 31.9 Å². The van der Waals surface area contributed by atoms with Crippen LogP contribution >= 0.6 is 0 Å². The molecule has 1 N–H and O–H groups in total. The van der Waals surface area contributed by atoms with Gasteiger partial charge in [0.05, 0.1) is 11.4 Å². The lowest BCUT2D eigenvalue weighted by molar-refractivity contribution is -0.0499. The predicted molar refractivity (Wildman–Crippen MR) is 98.7 cm³/mol. The van der Waals surface area contributed by atoms with Gasteiger partial charge in [-0.1, -0.05) is 18.2 Å². The van der Waals surface area contributed by atoms with Crippen LogP contribution in [0.15, 0.2) is 57.7 Å². The van der Waals surface area contributed by atoms with Crippen molar-refractivity contribution in [2.24, 2.45) is 0 Å². The maximum Gasteiger partial charge on any atom is 0.387 e. The van der Waals surface area contributed by atoms with Crippen molar-refractivity contribution in [1.29, 1.82) is 0 Å². The highest BCUT2D eigenvalue weighted by Crippen LogP contribution is 2.33. The van der Waals surface area contributed by atoms with E-state index in [0.29, 0.717) is 23.8 Å². The van der Waals surface area contributed by atoms with E-state index in [2.05, 4.69) is 10.1 Å². The molecule has 0 aliphatic heterocycles. The number of carbonyl (C=O) groups excluding carboxylic acids is 1. The van der Waals surface area contributed by atoms with Crippen molar-refractivity contribution in [2.75, 3.05) is 0 Å². The van der Waals surface area contributed by atoms with Crippen LogP contribution in [-0.2, 0) is 6.42 Å². The van der Waals surface area contributed by atoms with Gasteiger partial charge in [0.15, 0.2) is 11.2 Å². The van der Waals surface area contributed by atoms with Crippen LogP contribution in [0.3, 0.4) is 0 Å². The monoisotopic (exact) mass is 385 g/mol. The van der Waals surface area contributed by atoms with Gasteiger partial charge in [-0.15, -0.1) is 0 Å². The molecule has 1 heterocycles. The number of aryl methyl sites for hydroxylation is 1. The second-order valence-electron chi connectivity index (χ2n) is 6.63. The number of hydrogen-bond acceptors (Lipinski definition) is 4. The number of carbonyl (C=O) groups is 1. The molecule has 0 saturated heterocycles. The summed E-state index contributed by atoms with van der Waals surface area (Å²) >= 11 is 0. The number of rotatable bonds is 4. The first kappa shape index (κ1) is 18.2. The smallest absolute Gasteiger partial charge is 0.387 e. The molecule has 0 fully saturated rings. The predicted octanol–water partition coefficient (Wildman–Crippen LogP) is 4.20. The van der Waals surface area contributed by atoms with Gasteiger partial charge in [-0.05, 0) is 54.7 Å². The van der Waals surface area contributed by atoms with Crippen molar-refractivity contribution < 1.29 is 22.7 Å². The maximum atomic E-state index is 12.7. The molecule has 0 radical (unpaired) electrons. The Kier molecular flexibility index (Phi) is 4.81. The van der Waals surface area contributed by atoms with E-state index in [1.807, 2.05) is 0 Å². The van der Waals surface area contributed by atoms with Gasteiger partial charge in [0, 0.05) is 6.07 Å². The second-order valence-corrected chi connectivity index (χ2v) is 6.63. The highest BCUT2D eigenvalue weighted by atomic mass is 19.3. The summed E-state index contributed by atoms with van der Waals surface area (Å²) in [5.41, 5.74) is 1.77. The Balaban J connectivity index is 1.59. The first-order chi connectivity index (χ1) is 13.5. The lowest BCUT2D eigenvalue weighted by Gasteiger charge is -2.26. The molecular formula is C21H17F2NO4. The Bertz CT molecular complexity index is 1090. The fraction of sp³-hybridized carbons (Fsp3) is 0.238. The summed E-state index contributed by atoms with van der Waals surface area (Å²) in [6.45, 7) is -2.88. The van der Waals surface area contributed by atoms with E-state index in [1.54, 1.807) is 36.4 Å². The van der Waals surface area contributed by atoms with Gasteiger partial charge in [-0.3, -0.25) is 9.59 Å². The topological polar surface area (TPSA) is 68.5 Å². The number of hydrogen-bond donors (Lipinski definition) is 1. The Morgan fingerprint density at radius 1 is 1.18 bits per heavy atom.